The predicted molar refractivity (Wildman–Crippen MR) is 79.2 cm³/mol. The largest absolute Gasteiger partial charge is 0.381 e. The van der Waals surface area contributed by atoms with Gasteiger partial charge in [0.2, 0.25) is 5.91 Å². The molecule has 2 unspecified atom stereocenters. The summed E-state index contributed by atoms with van der Waals surface area (Å²) in [6.07, 6.45) is 2.59. The van der Waals surface area contributed by atoms with Crippen molar-refractivity contribution in [2.24, 2.45) is 11.7 Å². The molecule has 0 aliphatic carbocycles. The van der Waals surface area contributed by atoms with Crippen LogP contribution in [0.3, 0.4) is 0 Å². The van der Waals surface area contributed by atoms with E-state index >= 15 is 0 Å². The summed E-state index contributed by atoms with van der Waals surface area (Å²) in [5.41, 5.74) is 7.10. The number of hydrogen-bond donors (Lipinski definition) is 1. The predicted octanol–water partition coefficient (Wildman–Crippen LogP) is 1.96. The molecule has 1 saturated heterocycles. The molecule has 4 heteroatoms. The fourth-order valence-electron chi connectivity index (χ4n) is 2.60. The van der Waals surface area contributed by atoms with Crippen molar-refractivity contribution in [3.63, 3.8) is 0 Å². The Hall–Kier alpha value is -1.39. The van der Waals surface area contributed by atoms with Crippen LogP contribution in [0.5, 0.6) is 0 Å². The fourth-order valence-corrected chi connectivity index (χ4v) is 2.60. The molecule has 1 aromatic rings. The second kappa shape index (κ2) is 7.41. The molecule has 0 radical (unpaired) electrons. The van der Waals surface area contributed by atoms with Gasteiger partial charge < -0.3 is 15.4 Å². The number of ether oxygens (including phenoxy) is 1. The summed E-state index contributed by atoms with van der Waals surface area (Å²) in [4.78, 5) is 14.0. The number of rotatable bonds is 5. The summed E-state index contributed by atoms with van der Waals surface area (Å²) in [5.74, 6) is 0.567. The molecule has 20 heavy (non-hydrogen) atoms. The quantitative estimate of drug-likeness (QED) is 0.894. The van der Waals surface area contributed by atoms with E-state index in [2.05, 4.69) is 0 Å². The summed E-state index contributed by atoms with van der Waals surface area (Å²) in [7, 11) is 1.86. The number of nitrogens with zero attached hydrogens (tertiary/aromatic N) is 1. The Balaban J connectivity index is 1.81. The lowest BCUT2D eigenvalue weighted by atomic mass is 10.0. The van der Waals surface area contributed by atoms with Gasteiger partial charge in [-0.3, -0.25) is 4.79 Å². The van der Waals surface area contributed by atoms with Gasteiger partial charge in [-0.25, -0.2) is 0 Å². The Morgan fingerprint density at radius 3 is 2.85 bits per heavy atom. The SMILES string of the molecule is CN(CC1CCCOC1)C(=O)CC(N)c1ccccc1. The Labute approximate surface area is 120 Å². The van der Waals surface area contributed by atoms with Crippen molar-refractivity contribution in [3.05, 3.63) is 35.9 Å². The second-order valence-electron chi connectivity index (χ2n) is 5.58. The minimum atomic E-state index is -0.228. The monoisotopic (exact) mass is 276 g/mol. The summed E-state index contributed by atoms with van der Waals surface area (Å²) in [5, 5.41) is 0. The molecule has 1 fully saturated rings. The summed E-state index contributed by atoms with van der Waals surface area (Å²) in [6, 6.07) is 9.55. The molecular formula is C16H24N2O2. The first-order valence-electron chi connectivity index (χ1n) is 7.29. The van der Waals surface area contributed by atoms with Crippen molar-refractivity contribution < 1.29 is 9.53 Å². The van der Waals surface area contributed by atoms with Crippen LogP contribution in [0.25, 0.3) is 0 Å². The smallest absolute Gasteiger partial charge is 0.224 e. The normalized spacial score (nSPS) is 20.4. The van der Waals surface area contributed by atoms with Crippen molar-refractivity contribution in [2.45, 2.75) is 25.3 Å². The van der Waals surface area contributed by atoms with Crippen molar-refractivity contribution in [2.75, 3.05) is 26.8 Å². The third-order valence-corrected chi connectivity index (χ3v) is 3.83. The van der Waals surface area contributed by atoms with E-state index in [1.54, 1.807) is 4.90 Å². The molecule has 1 amide bonds. The summed E-state index contributed by atoms with van der Waals surface area (Å²) < 4.78 is 5.45. The van der Waals surface area contributed by atoms with Crippen LogP contribution in [-0.2, 0) is 9.53 Å². The van der Waals surface area contributed by atoms with Crippen LogP contribution in [0.15, 0.2) is 30.3 Å². The average molecular weight is 276 g/mol. The highest BCUT2D eigenvalue weighted by Crippen LogP contribution is 2.17. The molecule has 2 atom stereocenters. The Morgan fingerprint density at radius 1 is 1.45 bits per heavy atom. The Kier molecular flexibility index (Phi) is 5.56. The van der Waals surface area contributed by atoms with E-state index in [0.29, 0.717) is 12.3 Å². The molecular weight excluding hydrogens is 252 g/mol. The molecule has 110 valence electrons. The number of carbonyl (C=O) groups is 1. The van der Waals surface area contributed by atoms with Gasteiger partial charge in [-0.05, 0) is 24.3 Å². The van der Waals surface area contributed by atoms with E-state index in [-0.39, 0.29) is 11.9 Å². The summed E-state index contributed by atoms with van der Waals surface area (Å²) >= 11 is 0. The van der Waals surface area contributed by atoms with E-state index in [1.165, 1.54) is 0 Å². The molecule has 1 aromatic carbocycles. The van der Waals surface area contributed by atoms with Crippen LogP contribution in [0.1, 0.15) is 30.9 Å². The van der Waals surface area contributed by atoms with Crippen molar-refractivity contribution >= 4 is 5.91 Å². The lowest BCUT2D eigenvalue weighted by molar-refractivity contribution is -0.131. The maximum Gasteiger partial charge on any atom is 0.224 e. The first-order valence-corrected chi connectivity index (χ1v) is 7.29. The van der Waals surface area contributed by atoms with Gasteiger partial charge in [0.1, 0.15) is 0 Å². The molecule has 2 N–H and O–H groups in total. The highest BCUT2D eigenvalue weighted by Gasteiger charge is 2.20. The van der Waals surface area contributed by atoms with E-state index < -0.39 is 0 Å². The third-order valence-electron chi connectivity index (χ3n) is 3.83. The topological polar surface area (TPSA) is 55.6 Å². The number of amides is 1. The van der Waals surface area contributed by atoms with E-state index in [0.717, 1.165) is 38.2 Å². The van der Waals surface area contributed by atoms with Crippen molar-refractivity contribution in [1.82, 2.24) is 4.90 Å². The zero-order valence-electron chi connectivity index (χ0n) is 12.1. The highest BCUT2D eigenvalue weighted by molar-refractivity contribution is 5.76. The minimum absolute atomic E-state index is 0.104. The van der Waals surface area contributed by atoms with Gasteiger partial charge in [0, 0.05) is 32.7 Å². The van der Waals surface area contributed by atoms with Gasteiger partial charge in [0.25, 0.3) is 0 Å². The van der Waals surface area contributed by atoms with Crippen LogP contribution in [0.4, 0.5) is 0 Å². The lowest BCUT2D eigenvalue weighted by Crippen LogP contribution is -2.36. The van der Waals surface area contributed by atoms with Crippen LogP contribution in [-0.4, -0.2) is 37.6 Å². The van der Waals surface area contributed by atoms with Crippen LogP contribution in [0, 0.1) is 5.92 Å². The molecule has 0 saturated carbocycles. The Morgan fingerprint density at radius 2 is 2.20 bits per heavy atom. The average Bonchev–Trinajstić information content (AvgIpc) is 2.49. The van der Waals surface area contributed by atoms with Gasteiger partial charge in [0.15, 0.2) is 0 Å². The van der Waals surface area contributed by atoms with Gasteiger partial charge in [-0.2, -0.15) is 0 Å². The maximum absolute atomic E-state index is 12.2. The maximum atomic E-state index is 12.2. The Bertz CT molecular complexity index is 416. The number of hydrogen-bond acceptors (Lipinski definition) is 3. The van der Waals surface area contributed by atoms with E-state index in [1.807, 2.05) is 37.4 Å². The van der Waals surface area contributed by atoms with Crippen molar-refractivity contribution in [3.8, 4) is 0 Å². The fraction of sp³-hybridized carbons (Fsp3) is 0.562. The number of carbonyl (C=O) groups excluding carboxylic acids is 1. The highest BCUT2D eigenvalue weighted by atomic mass is 16.5. The van der Waals surface area contributed by atoms with Gasteiger partial charge >= 0.3 is 0 Å². The van der Waals surface area contributed by atoms with Crippen LogP contribution < -0.4 is 5.73 Å². The first kappa shape index (κ1) is 15.0. The molecule has 1 heterocycles. The standard InChI is InChI=1S/C16H24N2O2/c1-18(11-13-6-5-9-20-12-13)16(19)10-15(17)14-7-3-2-4-8-14/h2-4,7-8,13,15H,5-6,9-12,17H2,1H3. The van der Waals surface area contributed by atoms with Crippen molar-refractivity contribution in [1.29, 1.82) is 0 Å². The van der Waals surface area contributed by atoms with Gasteiger partial charge in [-0.1, -0.05) is 30.3 Å². The second-order valence-corrected chi connectivity index (χ2v) is 5.58. The van der Waals surface area contributed by atoms with Gasteiger partial charge in [-0.15, -0.1) is 0 Å². The minimum Gasteiger partial charge on any atom is -0.381 e. The zero-order valence-corrected chi connectivity index (χ0v) is 12.1. The van der Waals surface area contributed by atoms with E-state index in [4.69, 9.17) is 10.5 Å². The number of benzene rings is 1. The summed E-state index contributed by atoms with van der Waals surface area (Å²) in [6.45, 7) is 2.38. The molecule has 1 aliphatic rings. The molecule has 2 rings (SSSR count). The molecule has 0 bridgehead atoms. The molecule has 0 aromatic heterocycles. The molecule has 1 aliphatic heterocycles. The molecule has 0 spiro atoms. The molecule has 4 nitrogen and oxygen atoms in total. The lowest BCUT2D eigenvalue weighted by Gasteiger charge is -2.27. The van der Waals surface area contributed by atoms with Gasteiger partial charge in [0.05, 0.1) is 6.61 Å². The number of nitrogens with two attached hydrogens (primary N) is 1. The van der Waals surface area contributed by atoms with Crippen LogP contribution in [0.2, 0.25) is 0 Å². The zero-order chi connectivity index (χ0) is 14.4. The van der Waals surface area contributed by atoms with E-state index in [9.17, 15) is 4.79 Å². The van der Waals surface area contributed by atoms with Crippen LogP contribution >= 0.6 is 0 Å². The first-order chi connectivity index (χ1) is 9.66. The third kappa shape index (κ3) is 4.32.